The molecule has 3 rings (SSSR count). The predicted molar refractivity (Wildman–Crippen MR) is 66.7 cm³/mol. The lowest BCUT2D eigenvalue weighted by molar-refractivity contribution is -0.116. The molecule has 2 saturated heterocycles. The first-order chi connectivity index (χ1) is 8.83. The van der Waals surface area contributed by atoms with Gasteiger partial charge >= 0.3 is 0 Å². The van der Waals surface area contributed by atoms with Gasteiger partial charge in [0.15, 0.2) is 11.6 Å². The van der Waals surface area contributed by atoms with Crippen molar-refractivity contribution in [3.05, 3.63) is 17.8 Å². The number of Topliss-reactive ketones (excluding diaryl/α,β-unsaturated/α-hetero) is 1. The van der Waals surface area contributed by atoms with Crippen molar-refractivity contribution in [1.82, 2.24) is 10.2 Å². The second kappa shape index (κ2) is 5.02. The van der Waals surface area contributed by atoms with Gasteiger partial charge in [0.05, 0.1) is 12.2 Å². The highest BCUT2D eigenvalue weighted by Crippen LogP contribution is 2.25. The Balaban J connectivity index is 1.70. The zero-order chi connectivity index (χ0) is 12.4. The topological polar surface area (TPSA) is 55.3 Å². The molecule has 5 heteroatoms. The Labute approximate surface area is 106 Å². The molecule has 2 aliphatic heterocycles. The normalized spacial score (nSPS) is 21.6. The minimum absolute atomic E-state index is 0.283. The van der Waals surface area contributed by atoms with Crippen molar-refractivity contribution < 1.29 is 9.53 Å². The average Bonchev–Trinajstić information content (AvgIpc) is 2.87. The molecule has 0 radical (unpaired) electrons. The highest BCUT2D eigenvalue weighted by atomic mass is 16.5. The second-order valence-electron chi connectivity index (χ2n) is 4.91. The monoisotopic (exact) mass is 247 g/mol. The summed E-state index contributed by atoms with van der Waals surface area (Å²) in [4.78, 5) is 13.2. The molecule has 96 valence electrons. The van der Waals surface area contributed by atoms with Crippen LogP contribution in [0.1, 0.15) is 30.9 Å². The lowest BCUT2D eigenvalue weighted by atomic mass is 9.96. The molecular weight excluding hydrogens is 230 g/mol. The van der Waals surface area contributed by atoms with E-state index in [2.05, 4.69) is 10.2 Å². The minimum atomic E-state index is 0.283. The molecule has 0 aliphatic carbocycles. The Morgan fingerprint density at radius 2 is 2.06 bits per heavy atom. The number of aromatic nitrogens is 2. The Kier molecular flexibility index (Phi) is 3.23. The van der Waals surface area contributed by atoms with E-state index in [-0.39, 0.29) is 5.78 Å². The summed E-state index contributed by atoms with van der Waals surface area (Å²) in [5.41, 5.74) is 1.05. The van der Waals surface area contributed by atoms with Gasteiger partial charge in [0.25, 0.3) is 0 Å². The van der Waals surface area contributed by atoms with Crippen molar-refractivity contribution in [3.63, 3.8) is 0 Å². The Hall–Kier alpha value is -1.49. The zero-order valence-electron chi connectivity index (χ0n) is 10.3. The van der Waals surface area contributed by atoms with Crippen LogP contribution in [0.5, 0.6) is 0 Å². The molecule has 5 nitrogen and oxygen atoms in total. The molecule has 0 amide bonds. The van der Waals surface area contributed by atoms with Gasteiger partial charge in [-0.2, -0.15) is 5.10 Å². The summed E-state index contributed by atoms with van der Waals surface area (Å²) >= 11 is 0. The van der Waals surface area contributed by atoms with Gasteiger partial charge in [-0.05, 0) is 25.0 Å². The SMILES string of the molecule is O=C1CCN(c2ccc(C3CCOCC3)nn2)C1. The van der Waals surface area contributed by atoms with Gasteiger partial charge in [0.2, 0.25) is 0 Å². The summed E-state index contributed by atoms with van der Waals surface area (Å²) in [6, 6.07) is 4.03. The molecule has 0 spiro atoms. The van der Waals surface area contributed by atoms with Gasteiger partial charge in [-0.3, -0.25) is 4.79 Å². The molecule has 0 unspecified atom stereocenters. The van der Waals surface area contributed by atoms with Crippen LogP contribution in [0.3, 0.4) is 0 Å². The summed E-state index contributed by atoms with van der Waals surface area (Å²) in [5, 5.41) is 8.57. The molecule has 0 bridgehead atoms. The summed E-state index contributed by atoms with van der Waals surface area (Å²) in [6.07, 6.45) is 2.68. The number of ether oxygens (including phenoxy) is 1. The van der Waals surface area contributed by atoms with E-state index in [1.807, 2.05) is 17.0 Å². The van der Waals surface area contributed by atoms with Gasteiger partial charge in [-0.15, -0.1) is 5.10 Å². The van der Waals surface area contributed by atoms with Crippen LogP contribution in [0.4, 0.5) is 5.82 Å². The molecular formula is C13H17N3O2. The highest BCUT2D eigenvalue weighted by Gasteiger charge is 2.22. The lowest BCUT2D eigenvalue weighted by Gasteiger charge is -2.21. The molecule has 2 fully saturated rings. The standard InChI is InChI=1S/C13H17N3O2/c17-11-3-6-16(9-11)13-2-1-12(14-15-13)10-4-7-18-8-5-10/h1-2,10H,3-9H2. The Morgan fingerprint density at radius 1 is 1.22 bits per heavy atom. The highest BCUT2D eigenvalue weighted by molar-refractivity contribution is 5.86. The Morgan fingerprint density at radius 3 is 2.67 bits per heavy atom. The van der Waals surface area contributed by atoms with Gasteiger partial charge in [0, 0.05) is 32.1 Å². The van der Waals surface area contributed by atoms with Gasteiger partial charge in [-0.25, -0.2) is 0 Å². The number of anilines is 1. The maximum Gasteiger partial charge on any atom is 0.153 e. The first-order valence-electron chi connectivity index (χ1n) is 6.51. The van der Waals surface area contributed by atoms with Crippen molar-refractivity contribution in [1.29, 1.82) is 0 Å². The van der Waals surface area contributed by atoms with Crippen LogP contribution in [0.2, 0.25) is 0 Å². The first kappa shape index (κ1) is 11.6. The van der Waals surface area contributed by atoms with Crippen LogP contribution in [-0.4, -0.2) is 42.3 Å². The molecule has 0 N–H and O–H groups in total. The van der Waals surface area contributed by atoms with Crippen LogP contribution >= 0.6 is 0 Å². The van der Waals surface area contributed by atoms with E-state index < -0.39 is 0 Å². The van der Waals surface area contributed by atoms with Gasteiger partial charge in [-0.1, -0.05) is 0 Å². The van der Waals surface area contributed by atoms with Gasteiger partial charge in [0.1, 0.15) is 0 Å². The number of nitrogens with zero attached hydrogens (tertiary/aromatic N) is 3. The average molecular weight is 247 g/mol. The van der Waals surface area contributed by atoms with Crippen molar-refractivity contribution in [3.8, 4) is 0 Å². The summed E-state index contributed by atoms with van der Waals surface area (Å²) in [6.45, 7) is 2.87. The summed E-state index contributed by atoms with van der Waals surface area (Å²) < 4.78 is 5.34. The number of ketones is 1. The maximum atomic E-state index is 11.2. The predicted octanol–water partition coefficient (Wildman–Crippen LogP) is 1.15. The van der Waals surface area contributed by atoms with Gasteiger partial charge < -0.3 is 9.64 Å². The summed E-state index contributed by atoms with van der Waals surface area (Å²) in [5.74, 6) is 1.57. The van der Waals surface area contributed by atoms with Crippen LogP contribution in [-0.2, 0) is 9.53 Å². The minimum Gasteiger partial charge on any atom is -0.381 e. The van der Waals surface area contributed by atoms with Crippen molar-refractivity contribution in [2.75, 3.05) is 31.2 Å². The fourth-order valence-electron chi connectivity index (χ4n) is 2.54. The third-order valence-corrected chi connectivity index (χ3v) is 3.66. The molecule has 3 heterocycles. The van der Waals surface area contributed by atoms with Crippen molar-refractivity contribution in [2.45, 2.75) is 25.2 Å². The fraction of sp³-hybridized carbons (Fsp3) is 0.615. The number of carbonyl (C=O) groups is 1. The van der Waals surface area contributed by atoms with E-state index in [4.69, 9.17) is 4.74 Å². The van der Waals surface area contributed by atoms with E-state index in [1.54, 1.807) is 0 Å². The van der Waals surface area contributed by atoms with Crippen LogP contribution in [0.15, 0.2) is 12.1 Å². The largest absolute Gasteiger partial charge is 0.381 e. The van der Waals surface area contributed by atoms with E-state index in [0.717, 1.165) is 44.1 Å². The molecule has 0 aromatic carbocycles. The molecule has 1 aromatic rings. The number of hydrogen-bond donors (Lipinski definition) is 0. The van der Waals surface area contributed by atoms with E-state index in [9.17, 15) is 4.79 Å². The van der Waals surface area contributed by atoms with Crippen molar-refractivity contribution in [2.24, 2.45) is 0 Å². The number of rotatable bonds is 2. The summed E-state index contributed by atoms with van der Waals surface area (Å²) in [7, 11) is 0. The molecule has 0 saturated carbocycles. The third-order valence-electron chi connectivity index (χ3n) is 3.66. The second-order valence-corrected chi connectivity index (χ2v) is 4.91. The van der Waals surface area contributed by atoms with E-state index in [1.165, 1.54) is 0 Å². The Bertz CT molecular complexity index is 426. The quantitative estimate of drug-likeness (QED) is 0.784. The van der Waals surface area contributed by atoms with Crippen LogP contribution < -0.4 is 4.90 Å². The van der Waals surface area contributed by atoms with Crippen LogP contribution in [0, 0.1) is 0 Å². The fourth-order valence-corrected chi connectivity index (χ4v) is 2.54. The zero-order valence-corrected chi connectivity index (χ0v) is 10.3. The molecule has 1 aromatic heterocycles. The smallest absolute Gasteiger partial charge is 0.153 e. The van der Waals surface area contributed by atoms with Crippen molar-refractivity contribution >= 4 is 11.6 Å². The number of carbonyl (C=O) groups excluding carboxylic acids is 1. The molecule has 18 heavy (non-hydrogen) atoms. The van der Waals surface area contributed by atoms with E-state index >= 15 is 0 Å². The van der Waals surface area contributed by atoms with E-state index in [0.29, 0.717) is 18.9 Å². The maximum absolute atomic E-state index is 11.2. The molecule has 2 aliphatic rings. The lowest BCUT2D eigenvalue weighted by Crippen LogP contribution is -2.22. The number of hydrogen-bond acceptors (Lipinski definition) is 5. The first-order valence-corrected chi connectivity index (χ1v) is 6.51. The molecule has 0 atom stereocenters. The third kappa shape index (κ3) is 2.36. The van der Waals surface area contributed by atoms with Crippen LogP contribution in [0.25, 0.3) is 0 Å².